The van der Waals surface area contributed by atoms with Crippen molar-refractivity contribution < 1.29 is 4.74 Å². The first-order valence-electron chi connectivity index (χ1n) is 6.61. The summed E-state index contributed by atoms with van der Waals surface area (Å²) in [4.78, 5) is 1.45. The van der Waals surface area contributed by atoms with Crippen LogP contribution in [0.25, 0.3) is 0 Å². The van der Waals surface area contributed by atoms with E-state index in [9.17, 15) is 0 Å². The van der Waals surface area contributed by atoms with Crippen molar-refractivity contribution in [3.8, 4) is 0 Å². The monoisotopic (exact) mass is 253 g/mol. The molecule has 0 aliphatic heterocycles. The molecule has 96 valence electrons. The Balaban J connectivity index is 2.00. The molecule has 0 spiro atoms. The smallest absolute Gasteiger partial charge is 0.0697 e. The molecule has 1 aliphatic rings. The Morgan fingerprint density at radius 2 is 2.35 bits per heavy atom. The summed E-state index contributed by atoms with van der Waals surface area (Å²) in [5, 5.41) is 5.82. The van der Waals surface area contributed by atoms with Gasteiger partial charge in [-0.3, -0.25) is 0 Å². The molecule has 0 saturated heterocycles. The highest BCUT2D eigenvalue weighted by molar-refractivity contribution is 7.10. The summed E-state index contributed by atoms with van der Waals surface area (Å²) >= 11 is 1.85. The minimum atomic E-state index is 0.148. The molecule has 1 aromatic rings. The van der Waals surface area contributed by atoms with E-state index >= 15 is 0 Å². The molecule has 2 nitrogen and oxygen atoms in total. The predicted octanol–water partition coefficient (Wildman–Crippen LogP) is 3.75. The average Bonchev–Trinajstić information content (AvgIpc) is 2.81. The molecule has 2 rings (SSSR count). The summed E-state index contributed by atoms with van der Waals surface area (Å²) < 4.78 is 5.75. The van der Waals surface area contributed by atoms with Crippen molar-refractivity contribution in [1.29, 1.82) is 0 Å². The topological polar surface area (TPSA) is 21.3 Å². The second-order valence-electron chi connectivity index (χ2n) is 4.97. The van der Waals surface area contributed by atoms with Gasteiger partial charge < -0.3 is 10.1 Å². The summed E-state index contributed by atoms with van der Waals surface area (Å²) in [6.07, 6.45) is 6.06. The lowest BCUT2D eigenvalue weighted by Crippen LogP contribution is -2.42. The van der Waals surface area contributed by atoms with Crippen LogP contribution in [-0.2, 0) is 4.74 Å². The van der Waals surface area contributed by atoms with Crippen LogP contribution in [-0.4, -0.2) is 19.3 Å². The lowest BCUT2D eigenvalue weighted by Gasteiger charge is -2.42. The molecule has 1 unspecified atom stereocenters. The summed E-state index contributed by atoms with van der Waals surface area (Å²) in [5.74, 6) is 0. The first kappa shape index (κ1) is 13.1. The molecule has 0 amide bonds. The van der Waals surface area contributed by atoms with Crippen LogP contribution in [0.15, 0.2) is 17.5 Å². The minimum absolute atomic E-state index is 0.148. The quantitative estimate of drug-likeness (QED) is 0.799. The number of thiophene rings is 1. The van der Waals surface area contributed by atoms with Crippen molar-refractivity contribution in [2.75, 3.05) is 13.7 Å². The molecule has 1 atom stereocenters. The van der Waals surface area contributed by atoms with Gasteiger partial charge in [0, 0.05) is 18.0 Å². The van der Waals surface area contributed by atoms with E-state index in [0.29, 0.717) is 6.04 Å². The number of methoxy groups -OCH3 is 1. The standard InChI is InChI=1S/C14H23NOS/c1-3-9-15-12(13-6-4-10-17-13)11-14(16-2)7-5-8-14/h4,6,10,12,15H,3,5,7-9,11H2,1-2H3. The Hall–Kier alpha value is -0.380. The summed E-state index contributed by atoms with van der Waals surface area (Å²) in [5.41, 5.74) is 0.148. The van der Waals surface area contributed by atoms with Crippen LogP contribution in [0.3, 0.4) is 0 Å². The number of rotatable bonds is 7. The largest absolute Gasteiger partial charge is 0.378 e. The van der Waals surface area contributed by atoms with Crippen LogP contribution < -0.4 is 5.32 Å². The molecule has 0 aromatic carbocycles. The molecule has 1 heterocycles. The number of hydrogen-bond donors (Lipinski definition) is 1. The van der Waals surface area contributed by atoms with Crippen LogP contribution in [0, 0.1) is 0 Å². The van der Waals surface area contributed by atoms with Crippen LogP contribution in [0.5, 0.6) is 0 Å². The zero-order valence-electron chi connectivity index (χ0n) is 10.9. The van der Waals surface area contributed by atoms with Crippen LogP contribution in [0.4, 0.5) is 0 Å². The fourth-order valence-corrected chi connectivity index (χ4v) is 3.32. The van der Waals surface area contributed by atoms with E-state index in [1.165, 1.54) is 30.6 Å². The number of ether oxygens (including phenoxy) is 1. The van der Waals surface area contributed by atoms with E-state index in [-0.39, 0.29) is 5.60 Å². The van der Waals surface area contributed by atoms with Crippen LogP contribution in [0.1, 0.15) is 49.9 Å². The molecule has 0 bridgehead atoms. The third-order valence-electron chi connectivity index (χ3n) is 3.80. The van der Waals surface area contributed by atoms with Crippen molar-refractivity contribution in [2.24, 2.45) is 0 Å². The lowest BCUT2D eigenvalue weighted by atomic mass is 9.75. The Kier molecular flexibility index (Phi) is 4.60. The van der Waals surface area contributed by atoms with E-state index < -0.39 is 0 Å². The van der Waals surface area contributed by atoms with E-state index in [4.69, 9.17) is 4.74 Å². The van der Waals surface area contributed by atoms with E-state index in [1.54, 1.807) is 0 Å². The maximum Gasteiger partial charge on any atom is 0.0697 e. The third-order valence-corrected chi connectivity index (χ3v) is 4.79. The van der Waals surface area contributed by atoms with Crippen LogP contribution >= 0.6 is 11.3 Å². The Labute approximate surface area is 108 Å². The van der Waals surface area contributed by atoms with E-state index in [0.717, 1.165) is 13.0 Å². The van der Waals surface area contributed by atoms with Crippen molar-refractivity contribution >= 4 is 11.3 Å². The van der Waals surface area contributed by atoms with Gasteiger partial charge in [-0.15, -0.1) is 11.3 Å². The second-order valence-corrected chi connectivity index (χ2v) is 5.95. The summed E-state index contributed by atoms with van der Waals surface area (Å²) in [7, 11) is 1.87. The molecular formula is C14H23NOS. The van der Waals surface area contributed by atoms with Gasteiger partial charge in [0.15, 0.2) is 0 Å². The van der Waals surface area contributed by atoms with Gasteiger partial charge in [0.2, 0.25) is 0 Å². The number of nitrogens with one attached hydrogen (secondary N) is 1. The highest BCUT2D eigenvalue weighted by atomic mass is 32.1. The van der Waals surface area contributed by atoms with Gasteiger partial charge in [-0.1, -0.05) is 13.0 Å². The second kappa shape index (κ2) is 5.98. The summed E-state index contributed by atoms with van der Waals surface area (Å²) in [6.45, 7) is 3.30. The molecule has 1 N–H and O–H groups in total. The number of hydrogen-bond acceptors (Lipinski definition) is 3. The first-order chi connectivity index (χ1) is 8.29. The van der Waals surface area contributed by atoms with Crippen molar-refractivity contribution in [2.45, 2.75) is 50.7 Å². The maximum atomic E-state index is 5.75. The van der Waals surface area contributed by atoms with Crippen molar-refractivity contribution in [3.05, 3.63) is 22.4 Å². The molecule has 1 aliphatic carbocycles. The normalized spacial score (nSPS) is 19.9. The van der Waals surface area contributed by atoms with Gasteiger partial charge in [0.25, 0.3) is 0 Å². The van der Waals surface area contributed by atoms with Gasteiger partial charge in [-0.2, -0.15) is 0 Å². The highest BCUT2D eigenvalue weighted by Gasteiger charge is 2.39. The zero-order chi connectivity index (χ0) is 12.1. The molecule has 1 saturated carbocycles. The SMILES string of the molecule is CCCNC(CC1(OC)CCC1)c1cccs1. The Morgan fingerprint density at radius 3 is 2.82 bits per heavy atom. The third kappa shape index (κ3) is 3.09. The molecule has 3 heteroatoms. The summed E-state index contributed by atoms with van der Waals surface area (Å²) in [6, 6.07) is 4.84. The molecule has 0 radical (unpaired) electrons. The molecule has 1 aromatic heterocycles. The highest BCUT2D eigenvalue weighted by Crippen LogP contribution is 2.42. The predicted molar refractivity (Wildman–Crippen MR) is 73.6 cm³/mol. The Morgan fingerprint density at radius 1 is 1.53 bits per heavy atom. The molecule has 1 fully saturated rings. The van der Waals surface area contributed by atoms with Crippen molar-refractivity contribution in [3.63, 3.8) is 0 Å². The van der Waals surface area contributed by atoms with Gasteiger partial charge in [0.1, 0.15) is 0 Å². The minimum Gasteiger partial charge on any atom is -0.378 e. The van der Waals surface area contributed by atoms with Gasteiger partial charge in [-0.05, 0) is 50.1 Å². The van der Waals surface area contributed by atoms with E-state index in [1.807, 2.05) is 18.4 Å². The molecular weight excluding hydrogens is 230 g/mol. The average molecular weight is 253 g/mol. The van der Waals surface area contributed by atoms with Crippen molar-refractivity contribution in [1.82, 2.24) is 5.32 Å². The van der Waals surface area contributed by atoms with Gasteiger partial charge >= 0.3 is 0 Å². The first-order valence-corrected chi connectivity index (χ1v) is 7.49. The maximum absolute atomic E-state index is 5.75. The van der Waals surface area contributed by atoms with Crippen LogP contribution in [0.2, 0.25) is 0 Å². The zero-order valence-corrected chi connectivity index (χ0v) is 11.7. The molecule has 17 heavy (non-hydrogen) atoms. The van der Waals surface area contributed by atoms with Gasteiger partial charge in [0.05, 0.1) is 5.60 Å². The fourth-order valence-electron chi connectivity index (χ4n) is 2.52. The van der Waals surface area contributed by atoms with E-state index in [2.05, 4.69) is 29.8 Å². The lowest BCUT2D eigenvalue weighted by molar-refractivity contribution is -0.0836. The van der Waals surface area contributed by atoms with Gasteiger partial charge in [-0.25, -0.2) is 0 Å². The Bertz CT molecular complexity index is 313. The fraction of sp³-hybridized carbons (Fsp3) is 0.714.